The van der Waals surface area contributed by atoms with Crippen LogP contribution in [0.25, 0.3) is 0 Å². The quantitative estimate of drug-likeness (QED) is 0.680. The lowest BCUT2D eigenvalue weighted by Crippen LogP contribution is -2.20. The second-order valence-electron chi connectivity index (χ2n) is 5.72. The Morgan fingerprint density at radius 1 is 1.12 bits per heavy atom. The predicted molar refractivity (Wildman–Crippen MR) is 75.2 cm³/mol. The molecule has 0 aromatic heterocycles. The van der Waals surface area contributed by atoms with E-state index in [4.69, 9.17) is 0 Å². The van der Waals surface area contributed by atoms with Crippen LogP contribution in [0.3, 0.4) is 0 Å². The van der Waals surface area contributed by atoms with E-state index in [1.54, 1.807) is 0 Å². The van der Waals surface area contributed by atoms with Crippen molar-refractivity contribution in [2.24, 2.45) is 5.92 Å². The summed E-state index contributed by atoms with van der Waals surface area (Å²) in [7, 11) is 0. The van der Waals surface area contributed by atoms with Gasteiger partial charge >= 0.3 is 0 Å². The molecule has 0 amide bonds. The lowest BCUT2D eigenvalue weighted by molar-refractivity contribution is 0.616. The van der Waals surface area contributed by atoms with Gasteiger partial charge in [-0.25, -0.2) is 0 Å². The summed E-state index contributed by atoms with van der Waals surface area (Å²) in [6, 6.07) is 8.91. The van der Waals surface area contributed by atoms with E-state index in [2.05, 4.69) is 70.2 Å². The van der Waals surface area contributed by atoms with Gasteiger partial charge in [0.2, 0.25) is 0 Å². The minimum atomic E-state index is 0.115. The van der Waals surface area contributed by atoms with Crippen LogP contribution in [-0.2, 0) is 5.41 Å². The SMILES string of the molecule is Cc1ccc(C(C)(C)C2=CCC(C)C=C2)cc1. The first-order valence-electron chi connectivity index (χ1n) is 6.46. The number of hydrogen-bond acceptors (Lipinski definition) is 0. The van der Waals surface area contributed by atoms with Gasteiger partial charge in [-0.2, -0.15) is 0 Å². The highest BCUT2D eigenvalue weighted by atomic mass is 14.3. The Morgan fingerprint density at radius 3 is 2.29 bits per heavy atom. The van der Waals surface area contributed by atoms with E-state index in [1.807, 2.05) is 0 Å². The topological polar surface area (TPSA) is 0 Å². The standard InChI is InChI=1S/C17H22/c1-13-5-9-15(10-6-13)17(3,4)16-11-7-14(2)8-12-16/h5-7,9-12,14H,8H2,1-4H3. The van der Waals surface area contributed by atoms with Crippen LogP contribution in [0.5, 0.6) is 0 Å². The maximum absolute atomic E-state index is 2.39. The van der Waals surface area contributed by atoms with Crippen molar-refractivity contribution in [3.63, 3.8) is 0 Å². The zero-order chi connectivity index (χ0) is 12.5. The molecule has 0 spiro atoms. The Labute approximate surface area is 105 Å². The molecule has 1 unspecified atom stereocenters. The summed E-state index contributed by atoms with van der Waals surface area (Å²) in [5.74, 6) is 0.688. The van der Waals surface area contributed by atoms with E-state index >= 15 is 0 Å². The van der Waals surface area contributed by atoms with Gasteiger partial charge in [-0.05, 0) is 30.4 Å². The Hall–Kier alpha value is -1.30. The van der Waals surface area contributed by atoms with Crippen molar-refractivity contribution >= 4 is 0 Å². The third-order valence-corrected chi connectivity index (χ3v) is 3.81. The van der Waals surface area contributed by atoms with Gasteiger partial charge in [0.25, 0.3) is 0 Å². The number of benzene rings is 1. The van der Waals surface area contributed by atoms with Crippen molar-refractivity contribution in [1.29, 1.82) is 0 Å². The molecule has 90 valence electrons. The molecule has 1 aromatic rings. The van der Waals surface area contributed by atoms with Gasteiger partial charge in [-0.15, -0.1) is 0 Å². The molecule has 0 radical (unpaired) electrons. The van der Waals surface area contributed by atoms with Crippen molar-refractivity contribution in [3.8, 4) is 0 Å². The third kappa shape index (κ3) is 2.52. The van der Waals surface area contributed by atoms with E-state index in [-0.39, 0.29) is 5.41 Å². The molecule has 17 heavy (non-hydrogen) atoms. The number of rotatable bonds is 2. The molecule has 1 aliphatic rings. The Kier molecular flexibility index (Phi) is 3.24. The van der Waals surface area contributed by atoms with Crippen LogP contribution in [0.1, 0.15) is 38.3 Å². The van der Waals surface area contributed by atoms with Gasteiger partial charge in [0.1, 0.15) is 0 Å². The van der Waals surface area contributed by atoms with Gasteiger partial charge in [0.15, 0.2) is 0 Å². The summed E-state index contributed by atoms with van der Waals surface area (Å²) in [4.78, 5) is 0. The first-order valence-corrected chi connectivity index (χ1v) is 6.46. The monoisotopic (exact) mass is 226 g/mol. The molecule has 0 heteroatoms. The highest BCUT2D eigenvalue weighted by Gasteiger charge is 2.25. The van der Waals surface area contributed by atoms with Crippen LogP contribution in [-0.4, -0.2) is 0 Å². The smallest absolute Gasteiger partial charge is 0.0143 e. The van der Waals surface area contributed by atoms with E-state index in [0.29, 0.717) is 5.92 Å². The van der Waals surface area contributed by atoms with Gasteiger partial charge < -0.3 is 0 Å². The van der Waals surface area contributed by atoms with Crippen LogP contribution in [0.2, 0.25) is 0 Å². The van der Waals surface area contributed by atoms with Crippen LogP contribution in [0.15, 0.2) is 48.1 Å². The lowest BCUT2D eigenvalue weighted by atomic mass is 9.75. The number of hydrogen-bond donors (Lipinski definition) is 0. The zero-order valence-corrected chi connectivity index (χ0v) is 11.3. The molecule has 0 saturated carbocycles. The maximum atomic E-state index is 2.39. The number of allylic oxidation sites excluding steroid dienone is 4. The maximum Gasteiger partial charge on any atom is 0.0143 e. The second kappa shape index (κ2) is 4.52. The Balaban J connectivity index is 2.30. The van der Waals surface area contributed by atoms with Crippen LogP contribution < -0.4 is 0 Å². The predicted octanol–water partition coefficient (Wildman–Crippen LogP) is 4.80. The molecular formula is C17H22. The Morgan fingerprint density at radius 2 is 1.76 bits per heavy atom. The molecule has 0 bridgehead atoms. The lowest BCUT2D eigenvalue weighted by Gasteiger charge is -2.29. The first-order chi connectivity index (χ1) is 8.00. The molecule has 0 fully saturated rings. The highest BCUT2D eigenvalue weighted by molar-refractivity contribution is 5.42. The van der Waals surface area contributed by atoms with E-state index in [1.165, 1.54) is 23.1 Å². The van der Waals surface area contributed by atoms with Gasteiger partial charge in [-0.1, -0.05) is 68.8 Å². The minimum absolute atomic E-state index is 0.115. The molecular weight excluding hydrogens is 204 g/mol. The summed E-state index contributed by atoms with van der Waals surface area (Å²) < 4.78 is 0. The first kappa shape index (κ1) is 12.2. The molecule has 0 nitrogen and oxygen atoms in total. The summed E-state index contributed by atoms with van der Waals surface area (Å²) >= 11 is 0. The van der Waals surface area contributed by atoms with E-state index in [0.717, 1.165) is 0 Å². The van der Waals surface area contributed by atoms with Crippen LogP contribution in [0, 0.1) is 12.8 Å². The van der Waals surface area contributed by atoms with Crippen molar-refractivity contribution in [2.45, 2.75) is 39.5 Å². The van der Waals surface area contributed by atoms with Crippen LogP contribution in [0.4, 0.5) is 0 Å². The Bertz CT molecular complexity index is 443. The summed E-state index contributed by atoms with van der Waals surface area (Å²) in [6.45, 7) is 9.02. The van der Waals surface area contributed by atoms with Crippen molar-refractivity contribution in [1.82, 2.24) is 0 Å². The van der Waals surface area contributed by atoms with E-state index < -0.39 is 0 Å². The molecule has 1 aliphatic carbocycles. The molecule has 2 rings (SSSR count). The molecule has 1 aromatic carbocycles. The number of aryl methyl sites for hydroxylation is 1. The van der Waals surface area contributed by atoms with Gasteiger partial charge in [-0.3, -0.25) is 0 Å². The summed E-state index contributed by atoms with van der Waals surface area (Å²) in [5.41, 5.74) is 4.28. The zero-order valence-electron chi connectivity index (χ0n) is 11.3. The van der Waals surface area contributed by atoms with Crippen molar-refractivity contribution in [3.05, 3.63) is 59.2 Å². The van der Waals surface area contributed by atoms with Gasteiger partial charge in [0, 0.05) is 5.41 Å². The third-order valence-electron chi connectivity index (χ3n) is 3.81. The fourth-order valence-electron chi connectivity index (χ4n) is 2.33. The minimum Gasteiger partial charge on any atom is -0.0811 e. The fourth-order valence-corrected chi connectivity index (χ4v) is 2.33. The van der Waals surface area contributed by atoms with E-state index in [9.17, 15) is 0 Å². The molecule has 0 N–H and O–H groups in total. The average Bonchev–Trinajstić information content (AvgIpc) is 2.30. The van der Waals surface area contributed by atoms with Gasteiger partial charge in [0.05, 0.1) is 0 Å². The van der Waals surface area contributed by atoms with Crippen LogP contribution >= 0.6 is 0 Å². The molecule has 0 aliphatic heterocycles. The highest BCUT2D eigenvalue weighted by Crippen LogP contribution is 2.35. The average molecular weight is 226 g/mol. The molecule has 0 heterocycles. The van der Waals surface area contributed by atoms with Crippen molar-refractivity contribution < 1.29 is 0 Å². The summed E-state index contributed by atoms with van der Waals surface area (Å²) in [5, 5.41) is 0. The molecule has 0 saturated heterocycles. The van der Waals surface area contributed by atoms with Crippen molar-refractivity contribution in [2.75, 3.05) is 0 Å². The fraction of sp³-hybridized carbons (Fsp3) is 0.412. The normalized spacial score (nSPS) is 20.2. The summed E-state index contributed by atoms with van der Waals surface area (Å²) in [6.07, 6.45) is 8.19. The second-order valence-corrected chi connectivity index (χ2v) is 5.72. The molecule has 1 atom stereocenters. The largest absolute Gasteiger partial charge is 0.0811 e.